The molecule has 2 fully saturated rings. The number of rotatable bonds is 3. The van der Waals surface area contributed by atoms with E-state index in [1.807, 2.05) is 49.9 Å². The van der Waals surface area contributed by atoms with Crippen LogP contribution in [0.3, 0.4) is 0 Å². The summed E-state index contributed by atoms with van der Waals surface area (Å²) in [6.07, 6.45) is 3.11. The van der Waals surface area contributed by atoms with Gasteiger partial charge in [0, 0.05) is 23.6 Å². The van der Waals surface area contributed by atoms with Crippen LogP contribution in [-0.2, 0) is 4.74 Å². The van der Waals surface area contributed by atoms with Gasteiger partial charge in [0.25, 0.3) is 0 Å². The highest BCUT2D eigenvalue weighted by molar-refractivity contribution is 5.98. The predicted octanol–water partition coefficient (Wildman–Crippen LogP) is 4.06. The SMILES string of the molecule is COc1ccc(C(=O)C2CC3CCC(C2)N3C(=O)OC(C)(C)C)cc1. The summed E-state index contributed by atoms with van der Waals surface area (Å²) in [5.41, 5.74) is 0.225. The van der Waals surface area contributed by atoms with Crippen LogP contribution in [0.4, 0.5) is 4.79 Å². The third-order valence-corrected chi connectivity index (χ3v) is 5.08. The zero-order chi connectivity index (χ0) is 18.2. The van der Waals surface area contributed by atoms with Crippen LogP contribution in [0.2, 0.25) is 0 Å². The average Bonchev–Trinajstić information content (AvgIpc) is 2.83. The molecule has 5 nitrogen and oxygen atoms in total. The van der Waals surface area contributed by atoms with Crippen molar-refractivity contribution in [1.82, 2.24) is 4.90 Å². The van der Waals surface area contributed by atoms with Gasteiger partial charge in [0.2, 0.25) is 0 Å². The van der Waals surface area contributed by atoms with E-state index in [9.17, 15) is 9.59 Å². The summed E-state index contributed by atoms with van der Waals surface area (Å²) < 4.78 is 10.7. The van der Waals surface area contributed by atoms with Gasteiger partial charge in [-0.3, -0.25) is 4.79 Å². The summed E-state index contributed by atoms with van der Waals surface area (Å²) in [6, 6.07) is 7.50. The van der Waals surface area contributed by atoms with Crippen molar-refractivity contribution in [3.63, 3.8) is 0 Å². The number of nitrogens with zero attached hydrogens (tertiary/aromatic N) is 1. The van der Waals surface area contributed by atoms with E-state index in [0.29, 0.717) is 0 Å². The second-order valence-electron chi connectivity index (χ2n) is 8.03. The maximum Gasteiger partial charge on any atom is 0.410 e. The van der Waals surface area contributed by atoms with Crippen molar-refractivity contribution in [3.8, 4) is 5.75 Å². The number of benzene rings is 1. The smallest absolute Gasteiger partial charge is 0.410 e. The second kappa shape index (κ2) is 6.70. The summed E-state index contributed by atoms with van der Waals surface area (Å²) in [7, 11) is 1.61. The molecule has 2 heterocycles. The first kappa shape index (κ1) is 17.8. The van der Waals surface area contributed by atoms with Crippen molar-refractivity contribution < 1.29 is 19.1 Å². The molecule has 0 spiro atoms. The van der Waals surface area contributed by atoms with Crippen LogP contribution in [0.25, 0.3) is 0 Å². The fourth-order valence-corrected chi connectivity index (χ4v) is 3.99. The van der Waals surface area contributed by atoms with Gasteiger partial charge in [0.05, 0.1) is 7.11 Å². The van der Waals surface area contributed by atoms with Crippen LogP contribution < -0.4 is 4.74 Å². The Balaban J connectivity index is 1.68. The predicted molar refractivity (Wildman–Crippen MR) is 94.9 cm³/mol. The van der Waals surface area contributed by atoms with Gasteiger partial charge in [0.1, 0.15) is 11.4 Å². The van der Waals surface area contributed by atoms with E-state index in [1.165, 1.54) is 0 Å². The Morgan fingerprint density at radius 3 is 2.08 bits per heavy atom. The van der Waals surface area contributed by atoms with Crippen LogP contribution in [0.5, 0.6) is 5.75 Å². The van der Waals surface area contributed by atoms with Crippen LogP contribution >= 0.6 is 0 Å². The molecular weight excluding hydrogens is 318 g/mol. The lowest BCUT2D eigenvalue weighted by Crippen LogP contribution is -2.49. The molecule has 2 atom stereocenters. The molecule has 3 rings (SSSR count). The molecule has 25 heavy (non-hydrogen) atoms. The number of fused-ring (bicyclic) bond motifs is 2. The minimum atomic E-state index is -0.494. The number of hydrogen-bond donors (Lipinski definition) is 0. The monoisotopic (exact) mass is 345 g/mol. The van der Waals surface area contributed by atoms with Gasteiger partial charge in [-0.15, -0.1) is 0 Å². The van der Waals surface area contributed by atoms with Crippen LogP contribution in [-0.4, -0.2) is 41.6 Å². The lowest BCUT2D eigenvalue weighted by Gasteiger charge is -2.39. The average molecular weight is 345 g/mol. The number of ether oxygens (including phenoxy) is 2. The number of methoxy groups -OCH3 is 1. The molecule has 1 aromatic rings. The quantitative estimate of drug-likeness (QED) is 0.775. The van der Waals surface area contributed by atoms with E-state index in [-0.39, 0.29) is 29.9 Å². The number of carbonyl (C=O) groups is 2. The molecular formula is C20H27NO4. The summed E-state index contributed by atoms with van der Waals surface area (Å²) in [5.74, 6) is 0.893. The maximum absolute atomic E-state index is 12.8. The van der Waals surface area contributed by atoms with Crippen molar-refractivity contribution in [2.45, 2.75) is 64.1 Å². The molecule has 0 N–H and O–H groups in total. The minimum Gasteiger partial charge on any atom is -0.497 e. The zero-order valence-corrected chi connectivity index (χ0v) is 15.5. The number of amides is 1. The molecule has 1 aromatic carbocycles. The van der Waals surface area contributed by atoms with Crippen molar-refractivity contribution >= 4 is 11.9 Å². The van der Waals surface area contributed by atoms with Gasteiger partial charge in [0.15, 0.2) is 5.78 Å². The topological polar surface area (TPSA) is 55.8 Å². The van der Waals surface area contributed by atoms with E-state index in [4.69, 9.17) is 9.47 Å². The first-order valence-electron chi connectivity index (χ1n) is 8.98. The van der Waals surface area contributed by atoms with Gasteiger partial charge >= 0.3 is 6.09 Å². The van der Waals surface area contributed by atoms with Gasteiger partial charge in [-0.05, 0) is 70.7 Å². The number of piperidine rings is 1. The molecule has 2 bridgehead atoms. The lowest BCUT2D eigenvalue weighted by molar-refractivity contribution is 0.00254. The molecule has 0 radical (unpaired) electrons. The largest absolute Gasteiger partial charge is 0.497 e. The maximum atomic E-state index is 12.8. The van der Waals surface area contributed by atoms with Crippen molar-refractivity contribution in [2.75, 3.05) is 7.11 Å². The summed E-state index contributed by atoms with van der Waals surface area (Å²) in [6.45, 7) is 5.65. The summed E-state index contributed by atoms with van der Waals surface area (Å²) in [5, 5.41) is 0. The minimum absolute atomic E-state index is 0.0235. The third-order valence-electron chi connectivity index (χ3n) is 5.08. The van der Waals surface area contributed by atoms with Crippen LogP contribution in [0.15, 0.2) is 24.3 Å². The number of ketones is 1. The molecule has 0 aliphatic carbocycles. The molecule has 0 saturated carbocycles. The third kappa shape index (κ3) is 3.80. The van der Waals surface area contributed by atoms with Crippen LogP contribution in [0.1, 0.15) is 56.8 Å². The Hall–Kier alpha value is -2.04. The standard InChI is InChI=1S/C20H27NO4/c1-20(2,3)25-19(23)21-15-7-8-16(21)12-14(11-15)18(22)13-5-9-17(24-4)10-6-13/h5-6,9-10,14-16H,7-8,11-12H2,1-4H3. The van der Waals surface area contributed by atoms with E-state index >= 15 is 0 Å². The molecule has 0 aromatic heterocycles. The Morgan fingerprint density at radius 2 is 1.60 bits per heavy atom. The van der Waals surface area contributed by atoms with Gasteiger partial charge < -0.3 is 14.4 Å². The molecule has 5 heteroatoms. The Labute approximate surface area is 149 Å². The fourth-order valence-electron chi connectivity index (χ4n) is 3.99. The van der Waals surface area contributed by atoms with E-state index in [2.05, 4.69) is 0 Å². The second-order valence-corrected chi connectivity index (χ2v) is 8.03. The van der Waals surface area contributed by atoms with E-state index in [0.717, 1.165) is 37.0 Å². The first-order valence-corrected chi connectivity index (χ1v) is 8.98. The molecule has 2 unspecified atom stereocenters. The molecule has 2 saturated heterocycles. The Morgan fingerprint density at radius 1 is 1.04 bits per heavy atom. The van der Waals surface area contributed by atoms with E-state index < -0.39 is 5.60 Å². The first-order chi connectivity index (χ1) is 11.8. The number of Topliss-reactive ketones (excluding diaryl/α,β-unsaturated/α-hetero) is 1. The zero-order valence-electron chi connectivity index (χ0n) is 15.5. The highest BCUT2D eigenvalue weighted by Crippen LogP contribution is 2.40. The highest BCUT2D eigenvalue weighted by Gasteiger charge is 2.46. The molecule has 1 amide bonds. The van der Waals surface area contributed by atoms with Crippen molar-refractivity contribution in [1.29, 1.82) is 0 Å². The molecule has 136 valence electrons. The summed E-state index contributed by atoms with van der Waals surface area (Å²) in [4.78, 5) is 27.2. The lowest BCUT2D eigenvalue weighted by atomic mass is 9.85. The molecule has 2 aliphatic heterocycles. The van der Waals surface area contributed by atoms with Crippen molar-refractivity contribution in [3.05, 3.63) is 29.8 Å². The summed E-state index contributed by atoms with van der Waals surface area (Å²) >= 11 is 0. The normalized spacial score (nSPS) is 25.6. The van der Waals surface area contributed by atoms with Crippen LogP contribution in [0, 0.1) is 5.92 Å². The fraction of sp³-hybridized carbons (Fsp3) is 0.600. The highest BCUT2D eigenvalue weighted by atomic mass is 16.6. The van der Waals surface area contributed by atoms with Gasteiger partial charge in [-0.2, -0.15) is 0 Å². The number of carbonyl (C=O) groups excluding carboxylic acids is 2. The number of hydrogen-bond acceptors (Lipinski definition) is 4. The van der Waals surface area contributed by atoms with Gasteiger partial charge in [-0.1, -0.05) is 0 Å². The molecule has 2 aliphatic rings. The van der Waals surface area contributed by atoms with E-state index in [1.54, 1.807) is 7.11 Å². The van der Waals surface area contributed by atoms with Crippen molar-refractivity contribution in [2.24, 2.45) is 5.92 Å². The Bertz CT molecular complexity index is 633. The Kier molecular flexibility index (Phi) is 4.76. The van der Waals surface area contributed by atoms with Gasteiger partial charge in [-0.25, -0.2) is 4.79 Å².